The van der Waals surface area contributed by atoms with Crippen LogP contribution in [0.25, 0.3) is 0 Å². The van der Waals surface area contributed by atoms with Gasteiger partial charge in [0.2, 0.25) is 0 Å². The Labute approximate surface area is 126 Å². The molecule has 2 rings (SSSR count). The van der Waals surface area contributed by atoms with E-state index in [9.17, 15) is 4.39 Å². The Morgan fingerprint density at radius 3 is 2.55 bits per heavy atom. The zero-order valence-corrected chi connectivity index (χ0v) is 12.9. The van der Waals surface area contributed by atoms with Crippen LogP contribution in [-0.4, -0.2) is 6.54 Å². The highest BCUT2D eigenvalue weighted by Crippen LogP contribution is 2.26. The van der Waals surface area contributed by atoms with Crippen LogP contribution in [0.2, 0.25) is 0 Å². The first-order valence-corrected chi connectivity index (χ1v) is 7.26. The van der Waals surface area contributed by atoms with Crippen molar-refractivity contribution in [3.05, 3.63) is 63.9 Å². The van der Waals surface area contributed by atoms with E-state index in [1.54, 1.807) is 6.07 Å². The van der Waals surface area contributed by atoms with Gasteiger partial charge in [-0.1, -0.05) is 31.2 Å². The smallest absolute Gasteiger partial charge is 0.136 e. The first kappa shape index (κ1) is 15.0. The van der Waals surface area contributed by atoms with E-state index in [-0.39, 0.29) is 5.82 Å². The van der Waals surface area contributed by atoms with E-state index >= 15 is 0 Å². The molecule has 0 spiro atoms. The molecule has 0 aromatic heterocycles. The molecule has 1 unspecified atom stereocenters. The SMILES string of the molecule is CC(CN)c1ccc(COc2cc(F)ccc2Br)cc1. The third-order valence-corrected chi connectivity index (χ3v) is 3.85. The maximum Gasteiger partial charge on any atom is 0.136 e. The van der Waals surface area contributed by atoms with Crippen molar-refractivity contribution in [3.63, 3.8) is 0 Å². The summed E-state index contributed by atoms with van der Waals surface area (Å²) in [6.07, 6.45) is 0. The quantitative estimate of drug-likeness (QED) is 0.886. The molecule has 0 fully saturated rings. The third kappa shape index (κ3) is 3.81. The molecular weight excluding hydrogens is 321 g/mol. The first-order valence-electron chi connectivity index (χ1n) is 6.47. The second-order valence-corrected chi connectivity index (χ2v) is 5.60. The molecule has 20 heavy (non-hydrogen) atoms. The largest absolute Gasteiger partial charge is 0.488 e. The van der Waals surface area contributed by atoms with Crippen LogP contribution >= 0.6 is 15.9 Å². The van der Waals surface area contributed by atoms with Crippen molar-refractivity contribution >= 4 is 15.9 Å². The topological polar surface area (TPSA) is 35.2 Å². The van der Waals surface area contributed by atoms with Crippen molar-refractivity contribution in [1.82, 2.24) is 0 Å². The zero-order chi connectivity index (χ0) is 14.5. The van der Waals surface area contributed by atoms with Crippen molar-refractivity contribution in [1.29, 1.82) is 0 Å². The Morgan fingerprint density at radius 2 is 1.90 bits per heavy atom. The summed E-state index contributed by atoms with van der Waals surface area (Å²) in [4.78, 5) is 0. The van der Waals surface area contributed by atoms with Gasteiger partial charge in [-0.2, -0.15) is 0 Å². The number of benzene rings is 2. The first-order chi connectivity index (χ1) is 9.60. The lowest BCUT2D eigenvalue weighted by Crippen LogP contribution is -2.08. The van der Waals surface area contributed by atoms with E-state index in [4.69, 9.17) is 10.5 Å². The van der Waals surface area contributed by atoms with Crippen molar-refractivity contribution in [2.45, 2.75) is 19.4 Å². The fraction of sp³-hybridized carbons (Fsp3) is 0.250. The molecule has 106 valence electrons. The minimum Gasteiger partial charge on any atom is -0.488 e. The maximum absolute atomic E-state index is 13.1. The Balaban J connectivity index is 2.02. The van der Waals surface area contributed by atoms with Gasteiger partial charge >= 0.3 is 0 Å². The molecule has 0 bridgehead atoms. The molecule has 0 saturated heterocycles. The highest BCUT2D eigenvalue weighted by Gasteiger charge is 2.05. The fourth-order valence-corrected chi connectivity index (χ4v) is 2.19. The van der Waals surface area contributed by atoms with Crippen LogP contribution in [0.15, 0.2) is 46.9 Å². The van der Waals surface area contributed by atoms with Gasteiger partial charge in [0, 0.05) is 6.07 Å². The number of halogens is 2. The lowest BCUT2D eigenvalue weighted by molar-refractivity contribution is 0.302. The molecule has 0 heterocycles. The predicted octanol–water partition coefficient (Wildman–Crippen LogP) is 4.23. The van der Waals surface area contributed by atoms with Crippen LogP contribution in [0.5, 0.6) is 5.75 Å². The van der Waals surface area contributed by atoms with E-state index in [2.05, 4.69) is 35.0 Å². The molecule has 0 saturated carbocycles. The van der Waals surface area contributed by atoms with Gasteiger partial charge in [-0.3, -0.25) is 0 Å². The van der Waals surface area contributed by atoms with E-state index in [0.717, 1.165) is 10.0 Å². The molecule has 0 aliphatic heterocycles. The van der Waals surface area contributed by atoms with E-state index in [1.807, 2.05) is 12.1 Å². The molecule has 4 heteroatoms. The van der Waals surface area contributed by atoms with Crippen LogP contribution in [0.4, 0.5) is 4.39 Å². The summed E-state index contributed by atoms with van der Waals surface area (Å²) >= 11 is 3.34. The molecule has 2 nitrogen and oxygen atoms in total. The van der Waals surface area contributed by atoms with E-state index in [0.29, 0.717) is 24.8 Å². The molecule has 0 amide bonds. The minimum absolute atomic E-state index is 0.310. The van der Waals surface area contributed by atoms with Crippen LogP contribution in [0.3, 0.4) is 0 Å². The summed E-state index contributed by atoms with van der Waals surface area (Å²) in [7, 11) is 0. The van der Waals surface area contributed by atoms with E-state index in [1.165, 1.54) is 17.7 Å². The van der Waals surface area contributed by atoms with Crippen molar-refractivity contribution in [3.8, 4) is 5.75 Å². The second kappa shape index (κ2) is 6.86. The number of hydrogen-bond acceptors (Lipinski definition) is 2. The number of hydrogen-bond donors (Lipinski definition) is 1. The van der Waals surface area contributed by atoms with Crippen LogP contribution in [0.1, 0.15) is 24.0 Å². The van der Waals surface area contributed by atoms with Gasteiger partial charge in [0.15, 0.2) is 0 Å². The van der Waals surface area contributed by atoms with Crippen molar-refractivity contribution in [2.75, 3.05) is 6.54 Å². The van der Waals surface area contributed by atoms with Gasteiger partial charge in [0.05, 0.1) is 4.47 Å². The summed E-state index contributed by atoms with van der Waals surface area (Å²) in [5.74, 6) is 0.544. The van der Waals surface area contributed by atoms with Gasteiger partial charge in [-0.25, -0.2) is 4.39 Å². The molecule has 0 aliphatic carbocycles. The Bertz CT molecular complexity index is 571. The maximum atomic E-state index is 13.1. The standard InChI is InChI=1S/C16H17BrFNO/c1-11(9-19)13-4-2-12(3-5-13)10-20-16-8-14(18)6-7-15(16)17/h2-8,11H,9-10,19H2,1H3. The normalized spacial score (nSPS) is 12.2. The van der Waals surface area contributed by atoms with Gasteiger partial charge in [-0.15, -0.1) is 0 Å². The molecular formula is C16H17BrFNO. The number of rotatable bonds is 5. The Hall–Kier alpha value is -1.39. The second-order valence-electron chi connectivity index (χ2n) is 4.74. The van der Waals surface area contributed by atoms with Crippen LogP contribution in [-0.2, 0) is 6.61 Å². The van der Waals surface area contributed by atoms with Gasteiger partial charge in [0.25, 0.3) is 0 Å². The van der Waals surface area contributed by atoms with Gasteiger partial charge in [-0.05, 0) is 51.7 Å². The molecule has 2 N–H and O–H groups in total. The lowest BCUT2D eigenvalue weighted by Gasteiger charge is -2.11. The highest BCUT2D eigenvalue weighted by molar-refractivity contribution is 9.10. The molecule has 0 radical (unpaired) electrons. The minimum atomic E-state index is -0.310. The predicted molar refractivity (Wildman–Crippen MR) is 82.3 cm³/mol. The van der Waals surface area contributed by atoms with Crippen molar-refractivity contribution in [2.24, 2.45) is 5.73 Å². The summed E-state index contributed by atoms with van der Waals surface area (Å²) in [5, 5.41) is 0. The van der Waals surface area contributed by atoms with Crippen LogP contribution < -0.4 is 10.5 Å². The lowest BCUT2D eigenvalue weighted by atomic mass is 10.0. The molecule has 2 aromatic carbocycles. The summed E-state index contributed by atoms with van der Waals surface area (Å²) in [6, 6.07) is 12.5. The average molecular weight is 338 g/mol. The Kier molecular flexibility index (Phi) is 5.15. The fourth-order valence-electron chi connectivity index (χ4n) is 1.83. The van der Waals surface area contributed by atoms with Gasteiger partial charge in [0.1, 0.15) is 18.2 Å². The van der Waals surface area contributed by atoms with Crippen LogP contribution in [0, 0.1) is 5.82 Å². The number of ether oxygens (including phenoxy) is 1. The van der Waals surface area contributed by atoms with E-state index < -0.39 is 0 Å². The molecule has 0 aliphatic rings. The molecule has 1 atom stereocenters. The third-order valence-electron chi connectivity index (χ3n) is 3.19. The average Bonchev–Trinajstić information content (AvgIpc) is 2.48. The number of nitrogens with two attached hydrogens (primary N) is 1. The monoisotopic (exact) mass is 337 g/mol. The summed E-state index contributed by atoms with van der Waals surface area (Å²) < 4.78 is 19.5. The van der Waals surface area contributed by atoms with Crippen molar-refractivity contribution < 1.29 is 9.13 Å². The summed E-state index contributed by atoms with van der Waals surface area (Å²) in [5.41, 5.74) is 7.89. The Morgan fingerprint density at radius 1 is 1.20 bits per heavy atom. The molecule has 2 aromatic rings. The highest BCUT2D eigenvalue weighted by atomic mass is 79.9. The zero-order valence-electron chi connectivity index (χ0n) is 11.3. The summed E-state index contributed by atoms with van der Waals surface area (Å²) in [6.45, 7) is 3.13. The van der Waals surface area contributed by atoms with Gasteiger partial charge < -0.3 is 10.5 Å².